The summed E-state index contributed by atoms with van der Waals surface area (Å²) in [6, 6.07) is 7.28. The normalized spacial score (nSPS) is 14.6. The number of nitrogens with one attached hydrogen (secondary N) is 1. The predicted molar refractivity (Wildman–Crippen MR) is 145 cm³/mol. The van der Waals surface area contributed by atoms with E-state index in [-0.39, 0.29) is 63.5 Å². The molecule has 3 rings (SSSR count). The summed E-state index contributed by atoms with van der Waals surface area (Å²) in [6.45, 7) is 5.66. The molecule has 2 aromatic carbocycles. The molecule has 0 bridgehead atoms. The molecule has 0 saturated carbocycles. The lowest BCUT2D eigenvalue weighted by molar-refractivity contribution is -0.124. The molecule has 0 unspecified atom stereocenters. The van der Waals surface area contributed by atoms with Crippen molar-refractivity contribution in [3.05, 3.63) is 58.1 Å². The highest BCUT2D eigenvalue weighted by Gasteiger charge is 2.32. The van der Waals surface area contributed by atoms with Crippen LogP contribution >= 0.6 is 23.2 Å². The third-order valence-electron chi connectivity index (χ3n) is 6.21. The zero-order chi connectivity index (χ0) is 28.0. The van der Waals surface area contributed by atoms with Crippen molar-refractivity contribution in [2.45, 2.75) is 37.1 Å². The van der Waals surface area contributed by atoms with Gasteiger partial charge in [0.15, 0.2) is 12.4 Å². The number of carbonyl (C=O) groups excluding carboxylic acids is 2. The van der Waals surface area contributed by atoms with Crippen LogP contribution in [0.15, 0.2) is 47.4 Å². The third kappa shape index (κ3) is 6.61. The number of sulfonamides is 1. The van der Waals surface area contributed by atoms with E-state index in [4.69, 9.17) is 37.4 Å². The molecule has 1 aliphatic rings. The number of ketones is 1. The summed E-state index contributed by atoms with van der Waals surface area (Å²) in [5.74, 6) is 0.153. The lowest BCUT2D eigenvalue weighted by Crippen LogP contribution is -2.47. The molecular weight excluding hydrogens is 555 g/mol. The molecular formula is C26H30Cl2N2O7S. The van der Waals surface area contributed by atoms with Crippen LogP contribution in [0.25, 0.3) is 0 Å². The van der Waals surface area contributed by atoms with Gasteiger partial charge in [-0.2, -0.15) is 4.31 Å². The maximum absolute atomic E-state index is 13.2. The first-order valence-electron chi connectivity index (χ1n) is 11.9. The van der Waals surface area contributed by atoms with E-state index in [0.29, 0.717) is 30.6 Å². The lowest BCUT2D eigenvalue weighted by atomic mass is 10.0. The number of ether oxygens (including phenoxy) is 3. The maximum atomic E-state index is 13.2. The van der Waals surface area contributed by atoms with Crippen molar-refractivity contribution in [3.63, 3.8) is 0 Å². The van der Waals surface area contributed by atoms with E-state index >= 15 is 0 Å². The van der Waals surface area contributed by atoms with Crippen LogP contribution in [-0.4, -0.2) is 64.4 Å². The van der Waals surface area contributed by atoms with Crippen LogP contribution in [0.5, 0.6) is 17.2 Å². The van der Waals surface area contributed by atoms with Gasteiger partial charge in [-0.1, -0.05) is 36.7 Å². The van der Waals surface area contributed by atoms with Gasteiger partial charge in [-0.15, -0.1) is 0 Å². The average Bonchev–Trinajstić information content (AvgIpc) is 2.92. The van der Waals surface area contributed by atoms with Crippen molar-refractivity contribution in [1.29, 1.82) is 0 Å². The summed E-state index contributed by atoms with van der Waals surface area (Å²) >= 11 is 12.5. The Bertz CT molecular complexity index is 1320. The second-order valence-corrected chi connectivity index (χ2v) is 11.2. The maximum Gasteiger partial charge on any atom is 0.258 e. The molecule has 2 aromatic rings. The number of rotatable bonds is 11. The fraction of sp³-hybridized carbons (Fsp3) is 0.385. The Hall–Kier alpha value is -2.79. The fourth-order valence-electron chi connectivity index (χ4n) is 3.95. The minimum atomic E-state index is -3.79. The Morgan fingerprint density at radius 2 is 1.74 bits per heavy atom. The summed E-state index contributed by atoms with van der Waals surface area (Å²) in [5.41, 5.74) is 0.618. The number of Topliss-reactive ketones (excluding diaryl/α,β-unsaturated/α-hetero) is 1. The van der Waals surface area contributed by atoms with E-state index in [0.717, 1.165) is 0 Å². The number of hydrogen-bond donors (Lipinski definition) is 1. The van der Waals surface area contributed by atoms with Gasteiger partial charge in [0.05, 0.1) is 19.2 Å². The quantitative estimate of drug-likeness (QED) is 0.305. The number of hydrogen-bond acceptors (Lipinski definition) is 7. The Labute approximate surface area is 232 Å². The summed E-state index contributed by atoms with van der Waals surface area (Å²) in [7, 11) is -0.909. The zero-order valence-corrected chi connectivity index (χ0v) is 23.7. The minimum absolute atomic E-state index is 0.0293. The molecule has 1 heterocycles. The lowest BCUT2D eigenvalue weighted by Gasteiger charge is -2.32. The van der Waals surface area contributed by atoms with Gasteiger partial charge in [0.2, 0.25) is 10.0 Å². The van der Waals surface area contributed by atoms with E-state index in [1.807, 2.05) is 6.92 Å². The zero-order valence-electron chi connectivity index (χ0n) is 21.4. The van der Waals surface area contributed by atoms with E-state index in [1.54, 1.807) is 6.07 Å². The fourth-order valence-corrected chi connectivity index (χ4v) is 6.02. The van der Waals surface area contributed by atoms with Gasteiger partial charge in [-0.25, -0.2) is 8.42 Å². The van der Waals surface area contributed by atoms with E-state index in [2.05, 4.69) is 11.9 Å². The molecule has 1 amide bonds. The standard InChI is InChI=1S/C26H30Cl2N2O7S/c1-5-16(2)26(32)19-7-8-20(25(28)24(19)27)37-15-23(31)29-17-10-12-30(13-11-17)38(33,34)22-9-6-18(35-3)14-21(22)36-4/h6-9,14,17H,2,5,10-13,15H2,1,3-4H3,(H,29,31). The number of nitrogens with zero attached hydrogens (tertiary/aromatic N) is 1. The Morgan fingerprint density at radius 1 is 1.05 bits per heavy atom. The summed E-state index contributed by atoms with van der Waals surface area (Å²) in [4.78, 5) is 24.9. The molecule has 9 nitrogen and oxygen atoms in total. The molecule has 0 aromatic heterocycles. The number of methoxy groups -OCH3 is 2. The van der Waals surface area contributed by atoms with Crippen LogP contribution in [-0.2, 0) is 14.8 Å². The number of benzene rings is 2. The molecule has 1 saturated heterocycles. The molecule has 0 atom stereocenters. The summed E-state index contributed by atoms with van der Waals surface area (Å²) in [6.07, 6.45) is 1.33. The van der Waals surface area contributed by atoms with Crippen molar-refractivity contribution in [1.82, 2.24) is 9.62 Å². The molecule has 0 spiro atoms. The van der Waals surface area contributed by atoms with Crippen molar-refractivity contribution >= 4 is 44.9 Å². The van der Waals surface area contributed by atoms with Crippen LogP contribution in [0.4, 0.5) is 0 Å². The van der Waals surface area contributed by atoms with Gasteiger partial charge < -0.3 is 19.5 Å². The van der Waals surface area contributed by atoms with E-state index in [9.17, 15) is 18.0 Å². The minimum Gasteiger partial charge on any atom is -0.497 e. The van der Waals surface area contributed by atoms with Gasteiger partial charge in [-0.05, 0) is 49.1 Å². The van der Waals surface area contributed by atoms with Crippen LogP contribution in [0.1, 0.15) is 36.5 Å². The summed E-state index contributed by atoms with van der Waals surface area (Å²) < 4.78 is 43.7. The predicted octanol–water partition coefficient (Wildman–Crippen LogP) is 4.51. The Kier molecular flexibility index (Phi) is 10.1. The van der Waals surface area contributed by atoms with Gasteiger partial charge in [0.25, 0.3) is 5.91 Å². The van der Waals surface area contributed by atoms with Gasteiger partial charge >= 0.3 is 0 Å². The number of allylic oxidation sites excluding steroid dienone is 1. The Balaban J connectivity index is 1.56. The topological polar surface area (TPSA) is 111 Å². The third-order valence-corrected chi connectivity index (χ3v) is 9.01. The molecule has 1 N–H and O–H groups in total. The van der Waals surface area contributed by atoms with Crippen molar-refractivity contribution in [3.8, 4) is 17.2 Å². The first kappa shape index (κ1) is 29.8. The SMILES string of the molecule is C=C(CC)C(=O)c1ccc(OCC(=O)NC2CCN(S(=O)(=O)c3ccc(OC)cc3OC)CC2)c(Cl)c1Cl. The molecule has 1 aliphatic heterocycles. The highest BCUT2D eigenvalue weighted by molar-refractivity contribution is 7.89. The van der Waals surface area contributed by atoms with E-state index < -0.39 is 15.9 Å². The molecule has 12 heteroatoms. The van der Waals surface area contributed by atoms with E-state index in [1.165, 1.54) is 42.8 Å². The second kappa shape index (κ2) is 12.8. The van der Waals surface area contributed by atoms with Crippen molar-refractivity contribution in [2.24, 2.45) is 0 Å². The molecule has 38 heavy (non-hydrogen) atoms. The number of halogens is 2. The Morgan fingerprint density at radius 3 is 2.34 bits per heavy atom. The number of carbonyl (C=O) groups is 2. The smallest absolute Gasteiger partial charge is 0.258 e. The first-order chi connectivity index (χ1) is 18.0. The van der Waals surface area contributed by atoms with Gasteiger partial charge in [0, 0.05) is 30.8 Å². The largest absolute Gasteiger partial charge is 0.497 e. The summed E-state index contributed by atoms with van der Waals surface area (Å²) in [5, 5.41) is 2.92. The monoisotopic (exact) mass is 584 g/mol. The van der Waals surface area contributed by atoms with Gasteiger partial charge in [-0.3, -0.25) is 9.59 Å². The number of amides is 1. The van der Waals surface area contributed by atoms with Gasteiger partial charge in [0.1, 0.15) is 27.2 Å². The highest BCUT2D eigenvalue weighted by Crippen LogP contribution is 2.36. The van der Waals surface area contributed by atoms with Crippen LogP contribution < -0.4 is 19.5 Å². The highest BCUT2D eigenvalue weighted by atomic mass is 35.5. The molecule has 1 fully saturated rings. The number of piperidine rings is 1. The molecule has 0 radical (unpaired) electrons. The molecule has 206 valence electrons. The molecule has 0 aliphatic carbocycles. The first-order valence-corrected chi connectivity index (χ1v) is 14.1. The van der Waals surface area contributed by atoms with Crippen molar-refractivity contribution < 1.29 is 32.2 Å². The average molecular weight is 586 g/mol. The van der Waals surface area contributed by atoms with Crippen LogP contribution in [0.2, 0.25) is 10.0 Å². The second-order valence-electron chi connectivity index (χ2n) is 8.58. The van der Waals surface area contributed by atoms with Crippen LogP contribution in [0, 0.1) is 0 Å². The van der Waals surface area contributed by atoms with Crippen LogP contribution in [0.3, 0.4) is 0 Å². The van der Waals surface area contributed by atoms with Crippen molar-refractivity contribution in [2.75, 3.05) is 33.9 Å².